The van der Waals surface area contributed by atoms with E-state index in [1.54, 1.807) is 13.8 Å². The maximum absolute atomic E-state index is 12.2. The zero-order valence-corrected chi connectivity index (χ0v) is 17.2. The summed E-state index contributed by atoms with van der Waals surface area (Å²) in [4.78, 5) is 44.1. The molecule has 0 fully saturated rings. The third-order valence-corrected chi connectivity index (χ3v) is 3.84. The summed E-state index contributed by atoms with van der Waals surface area (Å²) in [6, 6.07) is 2.83. The lowest BCUT2D eigenvalue weighted by molar-refractivity contribution is -0.870. The Kier molecular flexibility index (Phi) is 7.78. The topological polar surface area (TPSA) is 139 Å². The molecule has 0 unspecified atom stereocenters. The normalized spacial score (nSPS) is 11.6. The van der Waals surface area contributed by atoms with Crippen molar-refractivity contribution >= 4 is 23.3 Å². The smallest absolute Gasteiger partial charge is 0.349 e. The number of nitrogens with zero attached hydrogens (tertiary/aromatic N) is 3. The monoisotopic (exact) mass is 412 g/mol. The minimum Gasteiger partial charge on any atom is -0.460 e. The quantitative estimate of drug-likeness (QED) is 0.188. The molecule has 0 saturated heterocycles. The molecule has 0 atom stereocenters. The number of carbonyl (C=O) groups is 2. The zero-order valence-electron chi connectivity index (χ0n) is 17.2. The Bertz CT molecular complexity index is 799. The second-order valence-electron chi connectivity index (χ2n) is 8.39. The van der Waals surface area contributed by atoms with E-state index in [9.17, 15) is 29.8 Å². The fourth-order valence-corrected chi connectivity index (χ4v) is 2.36. The first kappa shape index (κ1) is 24.0. The van der Waals surface area contributed by atoms with Crippen LogP contribution in [0.3, 0.4) is 0 Å². The molecule has 0 N–H and O–H groups in total. The fraction of sp³-hybridized carbons (Fsp3) is 0.556. The standard InChI is InChI=1S/C18H26N3O8/c1-18(2,11-16(22)28-9-8-21(3,4)5)12-17(23)29-13-6-7-14(19(24)25)15(10-13)20(26)27/h6-7,10H,8-9,11-12H2,1-5H3/q+1. The number of quaternary nitrogens is 1. The van der Waals surface area contributed by atoms with Crippen LogP contribution < -0.4 is 4.74 Å². The minimum atomic E-state index is -0.925. The van der Waals surface area contributed by atoms with Crippen molar-refractivity contribution in [2.45, 2.75) is 26.7 Å². The van der Waals surface area contributed by atoms with E-state index in [4.69, 9.17) is 9.47 Å². The van der Waals surface area contributed by atoms with Crippen LogP contribution >= 0.6 is 0 Å². The van der Waals surface area contributed by atoms with Gasteiger partial charge in [-0.05, 0) is 11.5 Å². The summed E-state index contributed by atoms with van der Waals surface area (Å²) >= 11 is 0. The summed E-state index contributed by atoms with van der Waals surface area (Å²) < 4.78 is 10.9. The SMILES string of the molecule is CC(C)(CC(=O)OCC[N+](C)(C)C)CC(=O)Oc1ccc([N+](=O)[O-])c([N+](=O)[O-])c1. The molecule has 11 heteroatoms. The van der Waals surface area contributed by atoms with Crippen molar-refractivity contribution in [2.24, 2.45) is 5.41 Å². The maximum atomic E-state index is 12.2. The van der Waals surface area contributed by atoms with Crippen LogP contribution in [-0.4, -0.2) is 60.6 Å². The molecule has 1 aromatic carbocycles. The fourth-order valence-electron chi connectivity index (χ4n) is 2.36. The predicted molar refractivity (Wildman–Crippen MR) is 102 cm³/mol. The molecule has 0 heterocycles. The number of nitro groups is 2. The number of hydrogen-bond acceptors (Lipinski definition) is 8. The van der Waals surface area contributed by atoms with Gasteiger partial charge in [-0.2, -0.15) is 0 Å². The molecule has 1 rings (SSSR count). The summed E-state index contributed by atoms with van der Waals surface area (Å²) in [6.45, 7) is 4.28. The van der Waals surface area contributed by atoms with Crippen molar-refractivity contribution in [3.8, 4) is 5.75 Å². The van der Waals surface area contributed by atoms with E-state index < -0.39 is 38.6 Å². The van der Waals surface area contributed by atoms with E-state index in [0.29, 0.717) is 11.0 Å². The van der Waals surface area contributed by atoms with Gasteiger partial charge in [0.1, 0.15) is 18.9 Å². The van der Waals surface area contributed by atoms with Gasteiger partial charge in [-0.15, -0.1) is 0 Å². The molecule has 29 heavy (non-hydrogen) atoms. The molecule has 0 radical (unpaired) electrons. The number of carbonyl (C=O) groups excluding carboxylic acids is 2. The number of esters is 2. The Morgan fingerprint density at radius 2 is 1.55 bits per heavy atom. The molecule has 0 aromatic heterocycles. The zero-order chi connectivity index (χ0) is 22.4. The van der Waals surface area contributed by atoms with Crippen LogP contribution in [0.4, 0.5) is 11.4 Å². The maximum Gasteiger partial charge on any atom is 0.349 e. The highest BCUT2D eigenvalue weighted by atomic mass is 16.6. The summed E-state index contributed by atoms with van der Waals surface area (Å²) in [5.74, 6) is -1.35. The van der Waals surface area contributed by atoms with Gasteiger partial charge in [0.25, 0.3) is 0 Å². The molecule has 0 aliphatic carbocycles. The van der Waals surface area contributed by atoms with Crippen molar-refractivity contribution < 1.29 is 33.4 Å². The second kappa shape index (κ2) is 9.41. The highest BCUT2D eigenvalue weighted by Gasteiger charge is 2.29. The lowest BCUT2D eigenvalue weighted by Crippen LogP contribution is -2.38. The molecule has 0 spiro atoms. The van der Waals surface area contributed by atoms with Gasteiger partial charge in [0.05, 0.1) is 49.9 Å². The Balaban J connectivity index is 2.68. The average molecular weight is 412 g/mol. The number of ether oxygens (including phenoxy) is 2. The lowest BCUT2D eigenvalue weighted by atomic mass is 9.86. The van der Waals surface area contributed by atoms with Gasteiger partial charge >= 0.3 is 23.3 Å². The largest absolute Gasteiger partial charge is 0.460 e. The summed E-state index contributed by atoms with van der Waals surface area (Å²) in [5.41, 5.74) is -2.25. The Morgan fingerprint density at radius 1 is 1.00 bits per heavy atom. The van der Waals surface area contributed by atoms with E-state index in [2.05, 4.69) is 0 Å². The van der Waals surface area contributed by atoms with E-state index in [1.807, 2.05) is 21.1 Å². The Hall–Kier alpha value is -3.08. The molecule has 0 amide bonds. The van der Waals surface area contributed by atoms with Gasteiger partial charge < -0.3 is 14.0 Å². The van der Waals surface area contributed by atoms with Crippen molar-refractivity contribution in [3.05, 3.63) is 38.4 Å². The van der Waals surface area contributed by atoms with E-state index in [0.717, 1.165) is 18.2 Å². The third-order valence-electron chi connectivity index (χ3n) is 3.84. The molecule has 0 bridgehead atoms. The molecular formula is C18H26N3O8+. The number of rotatable bonds is 10. The highest BCUT2D eigenvalue weighted by molar-refractivity contribution is 5.76. The van der Waals surface area contributed by atoms with Gasteiger partial charge in [-0.3, -0.25) is 29.8 Å². The van der Waals surface area contributed by atoms with Crippen LogP contribution in [0, 0.1) is 25.6 Å². The Labute approximate surface area is 168 Å². The minimum absolute atomic E-state index is 0.0142. The van der Waals surface area contributed by atoms with Crippen molar-refractivity contribution in [1.82, 2.24) is 0 Å². The third kappa shape index (κ3) is 8.64. The van der Waals surface area contributed by atoms with Crippen LogP contribution in [-0.2, 0) is 14.3 Å². The second-order valence-corrected chi connectivity index (χ2v) is 8.39. The highest BCUT2D eigenvalue weighted by Crippen LogP contribution is 2.32. The molecule has 0 saturated carbocycles. The predicted octanol–water partition coefficient (Wildman–Crippen LogP) is 2.46. The van der Waals surface area contributed by atoms with Crippen molar-refractivity contribution in [1.29, 1.82) is 0 Å². The first-order valence-corrected chi connectivity index (χ1v) is 8.80. The summed E-state index contributed by atoms with van der Waals surface area (Å²) in [6.07, 6.45) is -0.165. The molecular weight excluding hydrogens is 386 g/mol. The van der Waals surface area contributed by atoms with E-state index in [-0.39, 0.29) is 25.2 Å². The van der Waals surface area contributed by atoms with Crippen molar-refractivity contribution in [3.63, 3.8) is 0 Å². The van der Waals surface area contributed by atoms with Crippen LogP contribution in [0.1, 0.15) is 26.7 Å². The lowest BCUT2D eigenvalue weighted by Gasteiger charge is -2.25. The molecule has 0 aliphatic heterocycles. The van der Waals surface area contributed by atoms with Gasteiger partial charge in [-0.25, -0.2) is 0 Å². The van der Waals surface area contributed by atoms with Gasteiger partial charge in [0.15, 0.2) is 0 Å². The summed E-state index contributed by atoms with van der Waals surface area (Å²) in [5, 5.41) is 21.8. The van der Waals surface area contributed by atoms with Gasteiger partial charge in [0, 0.05) is 6.07 Å². The number of benzene rings is 1. The van der Waals surface area contributed by atoms with Crippen molar-refractivity contribution in [2.75, 3.05) is 34.3 Å². The number of likely N-dealkylation sites (N-methyl/N-ethyl adjacent to an activating group) is 1. The van der Waals surface area contributed by atoms with Crippen LogP contribution in [0.25, 0.3) is 0 Å². The first-order valence-electron chi connectivity index (χ1n) is 8.80. The van der Waals surface area contributed by atoms with Crippen LogP contribution in [0.5, 0.6) is 5.75 Å². The van der Waals surface area contributed by atoms with Crippen LogP contribution in [0.15, 0.2) is 18.2 Å². The average Bonchev–Trinajstić information content (AvgIpc) is 2.51. The van der Waals surface area contributed by atoms with E-state index in [1.165, 1.54) is 0 Å². The molecule has 0 aliphatic rings. The summed E-state index contributed by atoms with van der Waals surface area (Å²) in [7, 11) is 5.91. The first-order chi connectivity index (χ1) is 13.2. The van der Waals surface area contributed by atoms with Gasteiger partial charge in [-0.1, -0.05) is 13.8 Å². The van der Waals surface area contributed by atoms with Gasteiger partial charge in [0.2, 0.25) is 0 Å². The Morgan fingerprint density at radius 3 is 2.07 bits per heavy atom. The molecule has 160 valence electrons. The molecule has 1 aromatic rings. The molecule has 11 nitrogen and oxygen atoms in total. The number of hydrogen-bond donors (Lipinski definition) is 0. The number of nitro benzene ring substituents is 2. The van der Waals surface area contributed by atoms with Crippen LogP contribution in [0.2, 0.25) is 0 Å². The van der Waals surface area contributed by atoms with E-state index >= 15 is 0 Å².